The highest BCUT2D eigenvalue weighted by Gasteiger charge is 2.14. The van der Waals surface area contributed by atoms with Gasteiger partial charge in [0.25, 0.3) is 0 Å². The molecule has 0 saturated heterocycles. The van der Waals surface area contributed by atoms with Crippen LogP contribution in [-0.4, -0.2) is 0 Å². The number of rotatable bonds is 4. The summed E-state index contributed by atoms with van der Waals surface area (Å²) < 4.78 is 1.08. The topological polar surface area (TPSA) is 38.0 Å². The molecule has 1 atom stereocenters. The first-order valence-electron chi connectivity index (χ1n) is 5.24. The van der Waals surface area contributed by atoms with Gasteiger partial charge in [-0.3, -0.25) is 11.3 Å². The zero-order valence-electron chi connectivity index (χ0n) is 9.29. The molecule has 2 rings (SSSR count). The van der Waals surface area contributed by atoms with Crippen LogP contribution in [0.15, 0.2) is 33.4 Å². The SMILES string of the molecule is NNC(Cc1ccc(Cl)cc1Cl)c1csc(Br)c1. The van der Waals surface area contributed by atoms with Gasteiger partial charge in [0.15, 0.2) is 0 Å². The molecule has 0 aliphatic rings. The number of hydrogen-bond acceptors (Lipinski definition) is 3. The van der Waals surface area contributed by atoms with Crippen molar-refractivity contribution in [1.29, 1.82) is 0 Å². The average molecular weight is 366 g/mol. The molecule has 0 radical (unpaired) electrons. The normalized spacial score (nSPS) is 12.7. The van der Waals surface area contributed by atoms with Gasteiger partial charge >= 0.3 is 0 Å². The smallest absolute Gasteiger partial charge is 0.0701 e. The lowest BCUT2D eigenvalue weighted by Gasteiger charge is -2.15. The maximum atomic E-state index is 6.16. The highest BCUT2D eigenvalue weighted by Crippen LogP contribution is 2.29. The van der Waals surface area contributed by atoms with Gasteiger partial charge in [0.2, 0.25) is 0 Å². The molecule has 0 amide bonds. The third kappa shape index (κ3) is 3.47. The fourth-order valence-electron chi connectivity index (χ4n) is 1.69. The highest BCUT2D eigenvalue weighted by atomic mass is 79.9. The summed E-state index contributed by atoms with van der Waals surface area (Å²) in [6.07, 6.45) is 0.718. The third-order valence-electron chi connectivity index (χ3n) is 2.63. The van der Waals surface area contributed by atoms with Crippen LogP contribution in [0.3, 0.4) is 0 Å². The van der Waals surface area contributed by atoms with Crippen molar-refractivity contribution in [3.8, 4) is 0 Å². The van der Waals surface area contributed by atoms with Crippen LogP contribution >= 0.6 is 50.5 Å². The van der Waals surface area contributed by atoms with E-state index in [9.17, 15) is 0 Å². The second kappa shape index (κ2) is 6.37. The molecule has 1 unspecified atom stereocenters. The van der Waals surface area contributed by atoms with Crippen LogP contribution in [0.5, 0.6) is 0 Å². The second-order valence-corrected chi connectivity index (χ2v) is 6.98. The van der Waals surface area contributed by atoms with Crippen molar-refractivity contribution in [3.05, 3.63) is 54.6 Å². The first-order valence-corrected chi connectivity index (χ1v) is 7.67. The van der Waals surface area contributed by atoms with Gasteiger partial charge in [0.05, 0.1) is 9.83 Å². The van der Waals surface area contributed by atoms with E-state index < -0.39 is 0 Å². The Hall–Kier alpha value is -0.100. The Morgan fingerprint density at radius 3 is 2.67 bits per heavy atom. The Balaban J connectivity index is 2.20. The maximum Gasteiger partial charge on any atom is 0.0701 e. The Kier molecular flexibility index (Phi) is 5.06. The standard InChI is InChI=1S/C12H11BrCl2N2S/c13-12-4-8(6-18-12)11(17-16)3-7-1-2-9(14)5-10(7)15/h1-2,4-6,11,17H,3,16H2. The van der Waals surface area contributed by atoms with Crippen molar-refractivity contribution in [2.24, 2.45) is 5.84 Å². The second-order valence-electron chi connectivity index (χ2n) is 3.84. The Morgan fingerprint density at radius 2 is 2.11 bits per heavy atom. The van der Waals surface area contributed by atoms with Crippen molar-refractivity contribution < 1.29 is 0 Å². The van der Waals surface area contributed by atoms with E-state index in [0.29, 0.717) is 10.0 Å². The first-order chi connectivity index (χ1) is 8.60. The quantitative estimate of drug-likeness (QED) is 0.615. The molecule has 2 aromatic rings. The summed E-state index contributed by atoms with van der Waals surface area (Å²) in [6, 6.07) is 7.59. The van der Waals surface area contributed by atoms with E-state index in [-0.39, 0.29) is 6.04 Å². The molecule has 0 fully saturated rings. The lowest BCUT2D eigenvalue weighted by molar-refractivity contribution is 0.553. The number of nitrogens with one attached hydrogen (secondary N) is 1. The lowest BCUT2D eigenvalue weighted by atomic mass is 10.0. The Morgan fingerprint density at radius 1 is 1.33 bits per heavy atom. The minimum atomic E-state index is 0.0335. The fourth-order valence-corrected chi connectivity index (χ4v) is 3.40. The number of thiophene rings is 1. The number of hydrogen-bond donors (Lipinski definition) is 2. The van der Waals surface area contributed by atoms with E-state index in [1.54, 1.807) is 17.4 Å². The van der Waals surface area contributed by atoms with Crippen LogP contribution in [-0.2, 0) is 6.42 Å². The predicted octanol–water partition coefficient (Wildman–Crippen LogP) is 4.56. The highest BCUT2D eigenvalue weighted by molar-refractivity contribution is 9.11. The predicted molar refractivity (Wildman–Crippen MR) is 82.2 cm³/mol. The molecule has 3 N–H and O–H groups in total. The van der Waals surface area contributed by atoms with Crippen LogP contribution in [0.2, 0.25) is 10.0 Å². The van der Waals surface area contributed by atoms with Gasteiger partial charge in [-0.15, -0.1) is 11.3 Å². The molecule has 18 heavy (non-hydrogen) atoms. The zero-order chi connectivity index (χ0) is 13.1. The number of hydrazine groups is 1. The van der Waals surface area contributed by atoms with Crippen LogP contribution < -0.4 is 11.3 Å². The Labute approximate surface area is 128 Å². The monoisotopic (exact) mass is 364 g/mol. The molecule has 1 aromatic carbocycles. The molecule has 0 aliphatic carbocycles. The van der Waals surface area contributed by atoms with Crippen LogP contribution in [0, 0.1) is 0 Å². The van der Waals surface area contributed by atoms with Crippen LogP contribution in [0.25, 0.3) is 0 Å². The van der Waals surface area contributed by atoms with E-state index in [0.717, 1.165) is 21.3 Å². The first kappa shape index (κ1) is 14.3. The molecule has 0 spiro atoms. The van der Waals surface area contributed by atoms with Crippen molar-refractivity contribution in [2.75, 3.05) is 0 Å². The average Bonchev–Trinajstić information content (AvgIpc) is 2.75. The number of nitrogens with two attached hydrogens (primary N) is 1. The van der Waals surface area contributed by atoms with E-state index in [1.807, 2.05) is 12.1 Å². The van der Waals surface area contributed by atoms with Gasteiger partial charge in [-0.1, -0.05) is 29.3 Å². The number of benzene rings is 1. The molecule has 0 saturated carbocycles. The van der Waals surface area contributed by atoms with E-state index >= 15 is 0 Å². The van der Waals surface area contributed by atoms with Crippen LogP contribution in [0.4, 0.5) is 0 Å². The molecule has 0 bridgehead atoms. The van der Waals surface area contributed by atoms with Gasteiger partial charge in [-0.05, 0) is 57.1 Å². The maximum absolute atomic E-state index is 6.16. The molecular weight excluding hydrogens is 355 g/mol. The van der Waals surface area contributed by atoms with E-state index in [1.165, 1.54) is 0 Å². The fraction of sp³-hybridized carbons (Fsp3) is 0.167. The van der Waals surface area contributed by atoms with Crippen LogP contribution in [0.1, 0.15) is 17.2 Å². The molecular formula is C12H11BrCl2N2S. The lowest BCUT2D eigenvalue weighted by Crippen LogP contribution is -2.29. The van der Waals surface area contributed by atoms with Gasteiger partial charge in [-0.25, -0.2) is 0 Å². The molecule has 96 valence electrons. The molecule has 2 nitrogen and oxygen atoms in total. The summed E-state index contributed by atoms with van der Waals surface area (Å²) in [6.45, 7) is 0. The summed E-state index contributed by atoms with van der Waals surface area (Å²) in [5, 5.41) is 3.37. The van der Waals surface area contributed by atoms with Crippen molar-refractivity contribution in [3.63, 3.8) is 0 Å². The largest absolute Gasteiger partial charge is 0.271 e. The summed E-state index contributed by atoms with van der Waals surface area (Å²) >= 11 is 17.1. The van der Waals surface area contributed by atoms with Crippen molar-refractivity contribution in [1.82, 2.24) is 5.43 Å². The van der Waals surface area contributed by atoms with Gasteiger partial charge < -0.3 is 0 Å². The molecule has 6 heteroatoms. The minimum absolute atomic E-state index is 0.0335. The third-order valence-corrected chi connectivity index (χ3v) is 4.74. The minimum Gasteiger partial charge on any atom is -0.271 e. The van der Waals surface area contributed by atoms with Gasteiger partial charge in [0, 0.05) is 10.0 Å². The number of halogens is 3. The van der Waals surface area contributed by atoms with Gasteiger partial charge in [0.1, 0.15) is 0 Å². The molecule has 1 heterocycles. The Bertz CT molecular complexity index is 545. The van der Waals surface area contributed by atoms with Gasteiger partial charge in [-0.2, -0.15) is 0 Å². The van der Waals surface area contributed by atoms with E-state index in [4.69, 9.17) is 29.0 Å². The summed E-state index contributed by atoms with van der Waals surface area (Å²) in [4.78, 5) is 0. The summed E-state index contributed by atoms with van der Waals surface area (Å²) in [5.41, 5.74) is 4.98. The summed E-state index contributed by atoms with van der Waals surface area (Å²) in [7, 11) is 0. The van der Waals surface area contributed by atoms with Crippen molar-refractivity contribution >= 4 is 50.5 Å². The van der Waals surface area contributed by atoms with E-state index in [2.05, 4.69) is 32.8 Å². The molecule has 0 aliphatic heterocycles. The van der Waals surface area contributed by atoms with Crippen molar-refractivity contribution in [2.45, 2.75) is 12.5 Å². The summed E-state index contributed by atoms with van der Waals surface area (Å²) in [5.74, 6) is 5.61. The molecule has 1 aromatic heterocycles. The zero-order valence-corrected chi connectivity index (χ0v) is 13.2.